The number of rotatable bonds is 2. The summed E-state index contributed by atoms with van der Waals surface area (Å²) in [5.74, 6) is 0. The monoisotopic (exact) mass is 300 g/mol. The second kappa shape index (κ2) is 5.47. The smallest absolute Gasteiger partial charge is 0.298 e. The lowest BCUT2D eigenvalue weighted by Gasteiger charge is -2.32. The molecule has 2 aromatic rings. The molecule has 1 aromatic heterocycles. The maximum absolute atomic E-state index is 6.09. The Morgan fingerprint density at radius 2 is 2.05 bits per heavy atom. The van der Waals surface area contributed by atoms with E-state index in [2.05, 4.69) is 41.1 Å². The minimum Gasteiger partial charge on any atom is -0.423 e. The third-order valence-corrected chi connectivity index (χ3v) is 4.87. The highest BCUT2D eigenvalue weighted by atomic mass is 16.4. The van der Waals surface area contributed by atoms with Gasteiger partial charge in [-0.3, -0.25) is 0 Å². The molecule has 0 amide bonds. The second-order valence-corrected chi connectivity index (χ2v) is 6.55. The predicted octanol–water partition coefficient (Wildman–Crippen LogP) is 2.53. The lowest BCUT2D eigenvalue weighted by atomic mass is 10.2. The van der Waals surface area contributed by atoms with Gasteiger partial charge in [-0.15, -0.1) is 0 Å². The van der Waals surface area contributed by atoms with Crippen molar-refractivity contribution < 1.29 is 4.42 Å². The van der Waals surface area contributed by atoms with E-state index in [0.717, 1.165) is 49.8 Å². The first-order chi connectivity index (χ1) is 10.7. The molecular weight excluding hydrogens is 276 g/mol. The fraction of sp³-hybridized carbons (Fsp3) is 0.588. The van der Waals surface area contributed by atoms with Crippen LogP contribution in [0, 0.1) is 6.92 Å². The molecule has 0 saturated carbocycles. The van der Waals surface area contributed by atoms with E-state index in [4.69, 9.17) is 9.40 Å². The van der Waals surface area contributed by atoms with Gasteiger partial charge < -0.3 is 19.5 Å². The van der Waals surface area contributed by atoms with Gasteiger partial charge in [0.25, 0.3) is 6.01 Å². The zero-order valence-corrected chi connectivity index (χ0v) is 13.4. The Kier molecular flexibility index (Phi) is 3.45. The Hall–Kier alpha value is -1.75. The largest absolute Gasteiger partial charge is 0.423 e. The van der Waals surface area contributed by atoms with Crippen molar-refractivity contribution in [1.82, 2.24) is 10.3 Å². The summed E-state index contributed by atoms with van der Waals surface area (Å²) in [5, 5.41) is 3.41. The molecule has 0 aliphatic carbocycles. The van der Waals surface area contributed by atoms with Crippen LogP contribution < -0.4 is 15.1 Å². The number of benzene rings is 1. The molecule has 5 nitrogen and oxygen atoms in total. The molecule has 3 heterocycles. The highest BCUT2D eigenvalue weighted by Crippen LogP contribution is 2.31. The number of anilines is 2. The Bertz CT molecular complexity index is 675. The highest BCUT2D eigenvalue weighted by Gasteiger charge is 2.24. The molecule has 22 heavy (non-hydrogen) atoms. The molecule has 1 N–H and O–H groups in total. The van der Waals surface area contributed by atoms with Crippen molar-refractivity contribution in [3.05, 3.63) is 17.7 Å². The van der Waals surface area contributed by atoms with E-state index in [0.29, 0.717) is 6.04 Å². The van der Waals surface area contributed by atoms with Gasteiger partial charge in [0.2, 0.25) is 0 Å². The van der Waals surface area contributed by atoms with Crippen LogP contribution in [-0.2, 0) is 0 Å². The van der Waals surface area contributed by atoms with Crippen molar-refractivity contribution in [3.8, 4) is 0 Å². The molecule has 5 heteroatoms. The molecule has 1 unspecified atom stereocenters. The van der Waals surface area contributed by atoms with E-state index < -0.39 is 0 Å². The van der Waals surface area contributed by atoms with Gasteiger partial charge in [0.05, 0.1) is 0 Å². The number of aromatic nitrogens is 1. The van der Waals surface area contributed by atoms with Gasteiger partial charge in [-0.25, -0.2) is 0 Å². The van der Waals surface area contributed by atoms with Crippen molar-refractivity contribution in [2.45, 2.75) is 32.7 Å². The van der Waals surface area contributed by atoms with Crippen LogP contribution in [0.3, 0.4) is 0 Å². The Morgan fingerprint density at radius 1 is 1.23 bits per heavy atom. The molecule has 2 aliphatic heterocycles. The van der Waals surface area contributed by atoms with Crippen molar-refractivity contribution in [1.29, 1.82) is 0 Å². The molecule has 4 rings (SSSR count). The van der Waals surface area contributed by atoms with Gasteiger partial charge in [-0.05, 0) is 44.4 Å². The minimum absolute atomic E-state index is 0.417. The summed E-state index contributed by atoms with van der Waals surface area (Å²) in [5.41, 5.74) is 4.39. The van der Waals surface area contributed by atoms with Crippen molar-refractivity contribution in [3.63, 3.8) is 0 Å². The number of hydrogen-bond acceptors (Lipinski definition) is 5. The van der Waals surface area contributed by atoms with Crippen LogP contribution in [0.15, 0.2) is 16.5 Å². The fourth-order valence-corrected chi connectivity index (χ4v) is 3.58. The average molecular weight is 300 g/mol. The second-order valence-electron chi connectivity index (χ2n) is 6.55. The Morgan fingerprint density at radius 3 is 2.82 bits per heavy atom. The summed E-state index contributed by atoms with van der Waals surface area (Å²) < 4.78 is 6.09. The SMILES string of the molecule is Cc1cc(N2CCCC2)cc2nc(N3CCNCC3C)oc12. The quantitative estimate of drug-likeness (QED) is 0.923. The number of oxazole rings is 1. The van der Waals surface area contributed by atoms with E-state index >= 15 is 0 Å². The summed E-state index contributed by atoms with van der Waals surface area (Å²) in [6.07, 6.45) is 2.58. The zero-order valence-electron chi connectivity index (χ0n) is 13.4. The average Bonchev–Trinajstić information content (AvgIpc) is 3.17. The number of aryl methyl sites for hydroxylation is 1. The normalized spacial score (nSPS) is 22.7. The van der Waals surface area contributed by atoms with E-state index in [9.17, 15) is 0 Å². The first-order valence-electron chi connectivity index (χ1n) is 8.36. The van der Waals surface area contributed by atoms with Gasteiger partial charge in [0.15, 0.2) is 5.58 Å². The topological polar surface area (TPSA) is 44.5 Å². The third-order valence-electron chi connectivity index (χ3n) is 4.87. The van der Waals surface area contributed by atoms with E-state index in [1.165, 1.54) is 24.1 Å². The van der Waals surface area contributed by atoms with E-state index in [1.54, 1.807) is 0 Å². The van der Waals surface area contributed by atoms with Crippen LogP contribution in [0.25, 0.3) is 11.1 Å². The maximum atomic E-state index is 6.09. The molecule has 0 radical (unpaired) electrons. The summed E-state index contributed by atoms with van der Waals surface area (Å²) in [6.45, 7) is 9.57. The Balaban J connectivity index is 1.71. The Labute approximate surface area is 131 Å². The van der Waals surface area contributed by atoms with Gasteiger partial charge in [-0.1, -0.05) is 0 Å². The minimum atomic E-state index is 0.417. The van der Waals surface area contributed by atoms with Crippen LogP contribution in [0.5, 0.6) is 0 Å². The van der Waals surface area contributed by atoms with Crippen molar-refractivity contribution >= 4 is 22.8 Å². The predicted molar refractivity (Wildman–Crippen MR) is 89.9 cm³/mol. The lowest BCUT2D eigenvalue weighted by molar-refractivity contribution is 0.456. The van der Waals surface area contributed by atoms with Crippen molar-refractivity contribution in [2.24, 2.45) is 0 Å². The summed E-state index contributed by atoms with van der Waals surface area (Å²) in [7, 11) is 0. The van der Waals surface area contributed by atoms with Gasteiger partial charge in [0, 0.05) is 44.5 Å². The number of hydrogen-bond donors (Lipinski definition) is 1. The standard InChI is InChI=1S/C17H24N4O/c1-12-9-14(20-6-3-4-7-20)10-15-16(12)22-17(19-15)21-8-5-18-11-13(21)2/h9-10,13,18H,3-8,11H2,1-2H3. The van der Waals surface area contributed by atoms with Gasteiger partial charge in [0.1, 0.15) is 5.52 Å². The van der Waals surface area contributed by atoms with E-state index in [-0.39, 0.29) is 0 Å². The molecule has 2 saturated heterocycles. The molecule has 2 aliphatic rings. The number of nitrogens with one attached hydrogen (secondary N) is 1. The van der Waals surface area contributed by atoms with Crippen molar-refractivity contribution in [2.75, 3.05) is 42.5 Å². The molecule has 0 bridgehead atoms. The fourth-order valence-electron chi connectivity index (χ4n) is 3.58. The first kappa shape index (κ1) is 13.9. The van der Waals surface area contributed by atoms with Crippen LogP contribution >= 0.6 is 0 Å². The molecule has 0 spiro atoms. The van der Waals surface area contributed by atoms with Gasteiger partial charge in [-0.2, -0.15) is 4.98 Å². The number of piperazine rings is 1. The maximum Gasteiger partial charge on any atom is 0.298 e. The molecule has 1 atom stereocenters. The van der Waals surface area contributed by atoms with Crippen LogP contribution in [0.2, 0.25) is 0 Å². The van der Waals surface area contributed by atoms with Crippen LogP contribution in [0.1, 0.15) is 25.3 Å². The summed E-state index contributed by atoms with van der Waals surface area (Å²) >= 11 is 0. The van der Waals surface area contributed by atoms with E-state index in [1.807, 2.05) is 0 Å². The molecular formula is C17H24N4O. The summed E-state index contributed by atoms with van der Waals surface area (Å²) in [6, 6.07) is 5.61. The third kappa shape index (κ3) is 2.33. The lowest BCUT2D eigenvalue weighted by Crippen LogP contribution is -2.50. The van der Waals surface area contributed by atoms with Crippen LogP contribution in [0.4, 0.5) is 11.7 Å². The molecule has 118 valence electrons. The highest BCUT2D eigenvalue weighted by molar-refractivity contribution is 5.82. The number of fused-ring (bicyclic) bond motifs is 1. The first-order valence-corrected chi connectivity index (χ1v) is 8.36. The van der Waals surface area contributed by atoms with Gasteiger partial charge >= 0.3 is 0 Å². The number of nitrogens with zero attached hydrogens (tertiary/aromatic N) is 3. The molecule has 1 aromatic carbocycles. The molecule has 2 fully saturated rings. The van der Waals surface area contributed by atoms with Crippen LogP contribution in [-0.4, -0.2) is 43.7 Å². The zero-order chi connectivity index (χ0) is 15.1. The summed E-state index contributed by atoms with van der Waals surface area (Å²) in [4.78, 5) is 9.51.